The van der Waals surface area contributed by atoms with Crippen LogP contribution in [0.1, 0.15) is 19.8 Å². The number of piperidine rings is 1. The Morgan fingerprint density at radius 1 is 1.47 bits per heavy atom. The maximum atomic E-state index is 13.7. The molecule has 2 rings (SSSR count). The zero-order valence-corrected chi connectivity index (χ0v) is 12.1. The molecule has 1 aromatic rings. The van der Waals surface area contributed by atoms with Crippen LogP contribution in [0, 0.1) is 5.82 Å². The van der Waals surface area contributed by atoms with E-state index < -0.39 is 15.8 Å². The second-order valence-corrected chi connectivity index (χ2v) is 6.89. The fraction of sp³-hybridized carbons (Fsp3) is 0.500. The number of benzene rings is 1. The highest BCUT2D eigenvalue weighted by atomic mass is 35.5. The zero-order chi connectivity index (χ0) is 14.0. The normalized spacial score (nSPS) is 24.4. The number of hydrogen-bond acceptors (Lipinski definition) is 3. The summed E-state index contributed by atoms with van der Waals surface area (Å²) in [6.07, 6.45) is 1.38. The van der Waals surface area contributed by atoms with Crippen molar-refractivity contribution in [2.24, 2.45) is 0 Å². The number of hydrogen-bond donors (Lipinski definition) is 2. The molecule has 1 fully saturated rings. The van der Waals surface area contributed by atoms with Gasteiger partial charge in [-0.1, -0.05) is 11.6 Å². The number of rotatable bonds is 3. The van der Waals surface area contributed by atoms with Crippen LogP contribution in [0.5, 0.6) is 0 Å². The molecule has 1 heterocycles. The van der Waals surface area contributed by atoms with Gasteiger partial charge in [-0.25, -0.2) is 17.5 Å². The van der Waals surface area contributed by atoms with E-state index in [0.29, 0.717) is 12.8 Å². The smallest absolute Gasteiger partial charge is 0.243 e. The predicted octanol–water partition coefficient (Wildman–Crippen LogP) is 1.90. The van der Waals surface area contributed by atoms with Gasteiger partial charge >= 0.3 is 0 Å². The molecule has 1 aliphatic heterocycles. The average Bonchev–Trinajstić information content (AvgIpc) is 2.27. The minimum Gasteiger partial charge on any atom is -0.314 e. The van der Waals surface area contributed by atoms with Crippen molar-refractivity contribution < 1.29 is 12.8 Å². The van der Waals surface area contributed by atoms with Crippen molar-refractivity contribution in [3.8, 4) is 0 Å². The van der Waals surface area contributed by atoms with E-state index in [4.69, 9.17) is 11.6 Å². The molecule has 2 unspecified atom stereocenters. The van der Waals surface area contributed by atoms with Crippen molar-refractivity contribution in [3.05, 3.63) is 29.0 Å². The topological polar surface area (TPSA) is 58.2 Å². The highest BCUT2D eigenvalue weighted by Crippen LogP contribution is 2.20. The first kappa shape index (κ1) is 14.7. The van der Waals surface area contributed by atoms with Crippen LogP contribution in [-0.4, -0.2) is 27.0 Å². The van der Waals surface area contributed by atoms with Crippen LogP contribution in [0.4, 0.5) is 4.39 Å². The monoisotopic (exact) mass is 306 g/mol. The zero-order valence-electron chi connectivity index (χ0n) is 10.5. The van der Waals surface area contributed by atoms with Gasteiger partial charge < -0.3 is 5.32 Å². The molecule has 106 valence electrons. The molecule has 0 bridgehead atoms. The van der Waals surface area contributed by atoms with Crippen LogP contribution < -0.4 is 10.0 Å². The molecule has 4 nitrogen and oxygen atoms in total. The van der Waals surface area contributed by atoms with Crippen molar-refractivity contribution in [1.29, 1.82) is 0 Å². The molecule has 2 atom stereocenters. The third-order valence-electron chi connectivity index (χ3n) is 3.13. The maximum Gasteiger partial charge on any atom is 0.243 e. The molecule has 1 saturated heterocycles. The van der Waals surface area contributed by atoms with Gasteiger partial charge in [-0.15, -0.1) is 0 Å². The summed E-state index contributed by atoms with van der Waals surface area (Å²) < 4.78 is 40.5. The molecule has 0 amide bonds. The van der Waals surface area contributed by atoms with E-state index in [1.165, 1.54) is 12.1 Å². The molecule has 0 aromatic heterocycles. The minimum absolute atomic E-state index is 0.170. The highest BCUT2D eigenvalue weighted by molar-refractivity contribution is 7.89. The lowest BCUT2D eigenvalue weighted by Gasteiger charge is -2.28. The Bertz CT molecular complexity index is 565. The molecule has 0 spiro atoms. The van der Waals surface area contributed by atoms with Gasteiger partial charge in [0.1, 0.15) is 10.7 Å². The molecule has 1 aliphatic rings. The number of sulfonamides is 1. The van der Waals surface area contributed by atoms with E-state index in [9.17, 15) is 12.8 Å². The van der Waals surface area contributed by atoms with Crippen molar-refractivity contribution in [2.75, 3.05) is 6.54 Å². The summed E-state index contributed by atoms with van der Waals surface area (Å²) in [6, 6.07) is 3.63. The van der Waals surface area contributed by atoms with Crippen LogP contribution in [-0.2, 0) is 10.0 Å². The Morgan fingerprint density at radius 2 is 2.21 bits per heavy atom. The number of halogens is 2. The molecular weight excluding hydrogens is 291 g/mol. The van der Waals surface area contributed by atoms with Gasteiger partial charge in [0.15, 0.2) is 0 Å². The molecule has 1 aromatic carbocycles. The Labute approximate surface area is 117 Å². The first-order valence-corrected chi connectivity index (χ1v) is 7.95. The quantitative estimate of drug-likeness (QED) is 0.897. The summed E-state index contributed by atoms with van der Waals surface area (Å²) in [7, 11) is -3.84. The van der Waals surface area contributed by atoms with E-state index in [-0.39, 0.29) is 22.0 Å². The number of nitrogens with one attached hydrogen (secondary N) is 2. The molecular formula is C12H16ClFN2O2S. The highest BCUT2D eigenvalue weighted by Gasteiger charge is 2.26. The van der Waals surface area contributed by atoms with E-state index >= 15 is 0 Å². The Kier molecular flexibility index (Phi) is 4.45. The van der Waals surface area contributed by atoms with Crippen LogP contribution in [0.25, 0.3) is 0 Å². The van der Waals surface area contributed by atoms with Gasteiger partial charge in [0.25, 0.3) is 0 Å². The largest absolute Gasteiger partial charge is 0.314 e. The van der Waals surface area contributed by atoms with Gasteiger partial charge in [-0.2, -0.15) is 0 Å². The third kappa shape index (κ3) is 3.66. The average molecular weight is 307 g/mol. The SMILES string of the molecule is CC1CC(NS(=O)(=O)c2ccc(Cl)cc2F)CCN1. The maximum absolute atomic E-state index is 13.7. The molecule has 0 radical (unpaired) electrons. The van der Waals surface area contributed by atoms with Crippen molar-refractivity contribution >= 4 is 21.6 Å². The van der Waals surface area contributed by atoms with Crippen LogP contribution in [0.15, 0.2) is 23.1 Å². The first-order valence-electron chi connectivity index (χ1n) is 6.09. The van der Waals surface area contributed by atoms with Gasteiger partial charge in [-0.3, -0.25) is 0 Å². The molecule has 7 heteroatoms. The standard InChI is InChI=1S/C12H16ClFN2O2S/c1-8-6-10(4-5-15-8)16-19(17,18)12-3-2-9(13)7-11(12)14/h2-3,7-8,10,15-16H,4-6H2,1H3. The summed E-state index contributed by atoms with van der Waals surface area (Å²) in [4.78, 5) is -0.358. The summed E-state index contributed by atoms with van der Waals surface area (Å²) in [5, 5.41) is 3.40. The van der Waals surface area contributed by atoms with Crippen LogP contribution in [0.3, 0.4) is 0 Å². The van der Waals surface area contributed by atoms with Gasteiger partial charge in [0.2, 0.25) is 10.0 Å². The lowest BCUT2D eigenvalue weighted by molar-refractivity contribution is 0.361. The van der Waals surface area contributed by atoms with Crippen LogP contribution in [0.2, 0.25) is 5.02 Å². The van der Waals surface area contributed by atoms with Crippen molar-refractivity contribution in [2.45, 2.75) is 36.7 Å². The summed E-state index contributed by atoms with van der Waals surface area (Å²) in [5.74, 6) is -0.831. The lowest BCUT2D eigenvalue weighted by Crippen LogP contribution is -2.46. The summed E-state index contributed by atoms with van der Waals surface area (Å²) in [5.41, 5.74) is 0. The summed E-state index contributed by atoms with van der Waals surface area (Å²) >= 11 is 5.61. The second kappa shape index (κ2) is 5.75. The van der Waals surface area contributed by atoms with E-state index in [2.05, 4.69) is 10.0 Å². The molecule has 0 aliphatic carbocycles. The van der Waals surface area contributed by atoms with Gasteiger partial charge in [0, 0.05) is 17.1 Å². The van der Waals surface area contributed by atoms with E-state index in [0.717, 1.165) is 12.6 Å². The van der Waals surface area contributed by atoms with Crippen molar-refractivity contribution in [3.63, 3.8) is 0 Å². The van der Waals surface area contributed by atoms with E-state index in [1.807, 2.05) is 6.92 Å². The predicted molar refractivity (Wildman–Crippen MR) is 72.2 cm³/mol. The Balaban J connectivity index is 2.18. The van der Waals surface area contributed by atoms with Crippen molar-refractivity contribution in [1.82, 2.24) is 10.0 Å². The summed E-state index contributed by atoms with van der Waals surface area (Å²) in [6.45, 7) is 2.74. The minimum atomic E-state index is -3.84. The Morgan fingerprint density at radius 3 is 2.84 bits per heavy atom. The van der Waals surface area contributed by atoms with E-state index in [1.54, 1.807) is 0 Å². The molecule has 19 heavy (non-hydrogen) atoms. The fourth-order valence-corrected chi connectivity index (χ4v) is 3.72. The van der Waals surface area contributed by atoms with Gasteiger partial charge in [-0.05, 0) is 44.5 Å². The molecule has 2 N–H and O–H groups in total. The Hall–Kier alpha value is -0.690. The first-order chi connectivity index (χ1) is 8.88. The van der Waals surface area contributed by atoms with Gasteiger partial charge in [0.05, 0.1) is 0 Å². The third-order valence-corrected chi connectivity index (χ3v) is 4.92. The fourth-order valence-electron chi connectivity index (χ4n) is 2.22. The molecule has 0 saturated carbocycles. The lowest BCUT2D eigenvalue weighted by atomic mass is 10.0. The van der Waals surface area contributed by atoms with Crippen LogP contribution >= 0.6 is 11.6 Å². The second-order valence-electron chi connectivity index (χ2n) is 4.77.